The highest BCUT2D eigenvalue weighted by Crippen LogP contribution is 2.28. The lowest BCUT2D eigenvalue weighted by Gasteiger charge is -2.51. The average molecular weight is 437 g/mol. The van der Waals surface area contributed by atoms with Gasteiger partial charge in [-0.3, -0.25) is 20.2 Å². The number of ether oxygens (including phenoxy) is 2. The number of hydrogen-bond donors (Lipinski definition) is 2. The van der Waals surface area contributed by atoms with Gasteiger partial charge in [0, 0.05) is 12.0 Å². The Morgan fingerprint density at radius 3 is 1.97 bits per heavy atom. The number of carbonyl (C=O) groups is 4. The molecule has 5 rings (SSSR count). The maximum absolute atomic E-state index is 13.2. The van der Waals surface area contributed by atoms with Crippen LogP contribution in [0.5, 0.6) is 0 Å². The van der Waals surface area contributed by atoms with E-state index in [9.17, 15) is 19.2 Å². The molecule has 5 aliphatic heterocycles. The van der Waals surface area contributed by atoms with Gasteiger partial charge in [-0.1, -0.05) is 13.8 Å². The van der Waals surface area contributed by atoms with Gasteiger partial charge in [0.05, 0.1) is 32.7 Å². The predicted octanol–water partition coefficient (Wildman–Crippen LogP) is 0.320. The largest absolute Gasteiger partial charge is 0.445 e. The molecular weight excluding hydrogens is 404 g/mol. The van der Waals surface area contributed by atoms with Crippen molar-refractivity contribution in [2.75, 3.05) is 45.9 Å². The zero-order chi connectivity index (χ0) is 22.8. The minimum atomic E-state index is -0.978. The second-order valence-electron chi connectivity index (χ2n) is 9.10. The van der Waals surface area contributed by atoms with Crippen molar-refractivity contribution in [1.82, 2.24) is 20.4 Å². The highest BCUT2D eigenvalue weighted by atomic mass is 16.6. The van der Waals surface area contributed by atoms with Crippen molar-refractivity contribution in [3.05, 3.63) is 12.2 Å². The number of nitrogens with one attached hydrogen (secondary N) is 2. The zero-order valence-corrected chi connectivity index (χ0v) is 18.6. The van der Waals surface area contributed by atoms with Gasteiger partial charge >= 0.3 is 12.2 Å². The Morgan fingerprint density at radius 2 is 1.48 bits per heavy atom. The molecule has 5 aliphatic rings. The van der Waals surface area contributed by atoms with Crippen LogP contribution >= 0.6 is 0 Å². The van der Waals surface area contributed by atoms with Crippen LogP contribution in [0.4, 0.5) is 9.59 Å². The summed E-state index contributed by atoms with van der Waals surface area (Å²) >= 11 is 0. The predicted molar refractivity (Wildman–Crippen MR) is 112 cm³/mol. The Kier molecular flexibility index (Phi) is 6.70. The second kappa shape index (κ2) is 8.96. The van der Waals surface area contributed by atoms with Crippen LogP contribution in [-0.2, 0) is 19.1 Å². The van der Waals surface area contributed by atoms with Gasteiger partial charge in [0.15, 0.2) is 11.6 Å². The first-order valence-electron chi connectivity index (χ1n) is 10.7. The van der Waals surface area contributed by atoms with E-state index in [1.54, 1.807) is 26.0 Å². The minimum absolute atomic E-state index is 0.0272. The molecule has 0 aromatic heterocycles. The Labute approximate surface area is 182 Å². The van der Waals surface area contributed by atoms with Gasteiger partial charge in [-0.05, 0) is 26.0 Å². The van der Waals surface area contributed by atoms with Crippen LogP contribution in [-0.4, -0.2) is 96.6 Å². The number of Topliss-reactive ketones (excluding diaryl/α,β-unsaturated/α-hetero) is 2. The van der Waals surface area contributed by atoms with Crippen LogP contribution < -0.4 is 10.6 Å². The summed E-state index contributed by atoms with van der Waals surface area (Å²) in [5.41, 5.74) is -1.87. The fourth-order valence-corrected chi connectivity index (χ4v) is 4.25. The average Bonchev–Trinajstić information content (AvgIpc) is 2.64. The third-order valence-corrected chi connectivity index (χ3v) is 5.81. The number of ketones is 2. The molecule has 0 saturated carbocycles. The zero-order valence-electron chi connectivity index (χ0n) is 18.6. The van der Waals surface area contributed by atoms with Crippen molar-refractivity contribution in [2.24, 2.45) is 5.92 Å². The van der Waals surface area contributed by atoms with Gasteiger partial charge in [0.1, 0.15) is 24.3 Å². The molecule has 172 valence electrons. The molecule has 5 heterocycles. The second-order valence-corrected chi connectivity index (χ2v) is 9.10. The SMILES string of the molecule is CC(C)NC12CN(C1)C(=O)OCC=CCOC(=O)N1CC(C(=O)C(C)C)(C1)NCC2=O. The van der Waals surface area contributed by atoms with Crippen LogP contribution in [0.15, 0.2) is 12.2 Å². The van der Waals surface area contributed by atoms with E-state index in [0.717, 1.165) is 0 Å². The summed E-state index contributed by atoms with van der Waals surface area (Å²) in [7, 11) is 0. The summed E-state index contributed by atoms with van der Waals surface area (Å²) in [4.78, 5) is 53.5. The molecule has 0 spiro atoms. The van der Waals surface area contributed by atoms with E-state index in [-0.39, 0.29) is 69.5 Å². The molecule has 0 radical (unpaired) electrons. The summed E-state index contributed by atoms with van der Waals surface area (Å²) in [6.07, 6.45) is 2.15. The molecular formula is C21H32N4O6. The smallest absolute Gasteiger partial charge is 0.410 e. The normalized spacial score (nSPS) is 29.8. The molecule has 2 saturated heterocycles. The first kappa shape index (κ1) is 23.2. The van der Waals surface area contributed by atoms with Gasteiger partial charge in [-0.25, -0.2) is 9.59 Å². The third kappa shape index (κ3) is 4.74. The highest BCUT2D eigenvalue weighted by molar-refractivity contribution is 5.96. The minimum Gasteiger partial charge on any atom is -0.445 e. The van der Waals surface area contributed by atoms with Crippen LogP contribution in [0, 0.1) is 5.92 Å². The summed E-state index contributed by atoms with van der Waals surface area (Å²) in [6.45, 7) is 8.20. The number of carbonyl (C=O) groups excluding carboxylic acids is 4. The van der Waals surface area contributed by atoms with Crippen molar-refractivity contribution in [1.29, 1.82) is 0 Å². The molecule has 0 unspecified atom stereocenters. The molecule has 4 bridgehead atoms. The van der Waals surface area contributed by atoms with Crippen LogP contribution in [0.1, 0.15) is 27.7 Å². The quantitative estimate of drug-likeness (QED) is 0.605. The first-order chi connectivity index (χ1) is 14.6. The number of nitrogens with zero attached hydrogens (tertiary/aromatic N) is 2. The summed E-state index contributed by atoms with van der Waals surface area (Å²) < 4.78 is 10.4. The fraction of sp³-hybridized carbons (Fsp3) is 0.714. The molecule has 2 N–H and O–H groups in total. The van der Waals surface area contributed by atoms with E-state index in [1.807, 2.05) is 13.8 Å². The van der Waals surface area contributed by atoms with Crippen LogP contribution in [0.25, 0.3) is 0 Å². The van der Waals surface area contributed by atoms with Gasteiger partial charge in [-0.2, -0.15) is 0 Å². The lowest BCUT2D eigenvalue weighted by Crippen LogP contribution is -2.79. The molecule has 31 heavy (non-hydrogen) atoms. The van der Waals surface area contributed by atoms with E-state index in [4.69, 9.17) is 9.47 Å². The van der Waals surface area contributed by atoms with Crippen LogP contribution in [0.3, 0.4) is 0 Å². The number of amides is 2. The van der Waals surface area contributed by atoms with Gasteiger partial charge in [-0.15, -0.1) is 0 Å². The maximum Gasteiger partial charge on any atom is 0.410 e. The molecule has 0 atom stereocenters. The first-order valence-corrected chi connectivity index (χ1v) is 10.7. The number of hydrogen-bond acceptors (Lipinski definition) is 8. The van der Waals surface area contributed by atoms with Crippen LogP contribution in [0.2, 0.25) is 0 Å². The fourth-order valence-electron chi connectivity index (χ4n) is 4.25. The summed E-state index contributed by atoms with van der Waals surface area (Å²) in [5.74, 6) is -0.437. The Morgan fingerprint density at radius 1 is 0.968 bits per heavy atom. The van der Waals surface area contributed by atoms with E-state index < -0.39 is 23.3 Å². The van der Waals surface area contributed by atoms with Crippen molar-refractivity contribution in [3.63, 3.8) is 0 Å². The van der Waals surface area contributed by atoms with E-state index in [0.29, 0.717) is 0 Å². The number of rotatable bonds is 4. The van der Waals surface area contributed by atoms with Crippen molar-refractivity contribution < 1.29 is 28.7 Å². The molecule has 2 fully saturated rings. The Bertz CT molecular complexity index is 766. The Balaban J connectivity index is 1.80. The summed E-state index contributed by atoms with van der Waals surface area (Å²) in [6, 6.07) is 0.0272. The van der Waals surface area contributed by atoms with Crippen molar-refractivity contribution in [2.45, 2.75) is 44.8 Å². The molecule has 2 amide bonds. The standard InChI is InChI=1S/C21H32N4O6/c1-14(2)17(27)21-12-25(13-21)19(29)31-8-6-5-7-30-18(28)24-10-20(11-24,23-15(3)4)16(26)9-22-21/h5-6,14-15,22-23H,7-13H2,1-4H3. The monoisotopic (exact) mass is 436 g/mol. The van der Waals surface area contributed by atoms with Crippen molar-refractivity contribution in [3.8, 4) is 0 Å². The van der Waals surface area contributed by atoms with Crippen molar-refractivity contribution >= 4 is 23.8 Å². The molecule has 0 aromatic carbocycles. The maximum atomic E-state index is 13.2. The molecule has 0 aromatic rings. The topological polar surface area (TPSA) is 117 Å². The highest BCUT2D eigenvalue weighted by Gasteiger charge is 2.55. The molecule has 10 nitrogen and oxygen atoms in total. The van der Waals surface area contributed by atoms with Gasteiger partial charge in [0.2, 0.25) is 0 Å². The van der Waals surface area contributed by atoms with E-state index >= 15 is 0 Å². The lowest BCUT2D eigenvalue weighted by molar-refractivity contribution is -0.137. The van der Waals surface area contributed by atoms with Gasteiger partial charge in [0.25, 0.3) is 0 Å². The molecule has 0 aliphatic carbocycles. The van der Waals surface area contributed by atoms with E-state index in [2.05, 4.69) is 10.6 Å². The third-order valence-electron chi connectivity index (χ3n) is 5.81. The Hall–Kier alpha value is -2.46. The summed E-state index contributed by atoms with van der Waals surface area (Å²) in [5, 5.41) is 6.42. The van der Waals surface area contributed by atoms with E-state index in [1.165, 1.54) is 9.80 Å². The van der Waals surface area contributed by atoms with Gasteiger partial charge < -0.3 is 19.3 Å². The molecule has 10 heteroatoms. The lowest BCUT2D eigenvalue weighted by atomic mass is 9.79.